The number of alkyl halides is 1. The zero-order chi connectivity index (χ0) is 14.1. The van der Waals surface area contributed by atoms with Crippen molar-refractivity contribution in [3.05, 3.63) is 53.9 Å². The molecule has 0 saturated carbocycles. The first-order valence-electron chi connectivity index (χ1n) is 6.42. The number of hydrogen-bond donors (Lipinski definition) is 0. The number of hydrogen-bond acceptors (Lipinski definition) is 2. The van der Waals surface area contributed by atoms with Crippen molar-refractivity contribution in [1.82, 2.24) is 9.55 Å². The Labute approximate surface area is 122 Å². The van der Waals surface area contributed by atoms with E-state index in [1.54, 1.807) is 7.11 Å². The number of aromatic nitrogens is 2. The van der Waals surface area contributed by atoms with Crippen molar-refractivity contribution in [1.29, 1.82) is 0 Å². The fourth-order valence-electron chi connectivity index (χ4n) is 2.40. The summed E-state index contributed by atoms with van der Waals surface area (Å²) in [4.78, 5) is 4.65. The van der Waals surface area contributed by atoms with Gasteiger partial charge in [-0.05, 0) is 42.8 Å². The van der Waals surface area contributed by atoms with E-state index in [4.69, 9.17) is 16.3 Å². The molecule has 0 bridgehead atoms. The molecule has 0 fully saturated rings. The third-order valence-corrected chi connectivity index (χ3v) is 3.65. The molecular formula is C16H15ClN2O. The largest absolute Gasteiger partial charge is 0.497 e. The minimum Gasteiger partial charge on any atom is -0.497 e. The fourth-order valence-corrected chi connectivity index (χ4v) is 2.58. The molecule has 0 aliphatic carbocycles. The van der Waals surface area contributed by atoms with Gasteiger partial charge in [0, 0.05) is 5.69 Å². The van der Waals surface area contributed by atoms with Crippen LogP contribution < -0.4 is 4.74 Å². The molecule has 3 rings (SSSR count). The fraction of sp³-hybridized carbons (Fsp3) is 0.188. The Balaban J connectivity index is 2.25. The van der Waals surface area contributed by atoms with E-state index in [1.165, 1.54) is 0 Å². The molecule has 0 radical (unpaired) electrons. The van der Waals surface area contributed by atoms with Gasteiger partial charge >= 0.3 is 0 Å². The Morgan fingerprint density at radius 1 is 1.15 bits per heavy atom. The predicted octanol–water partition coefficient (Wildman–Crippen LogP) is 4.08. The number of imidazole rings is 1. The van der Waals surface area contributed by atoms with Crippen molar-refractivity contribution in [3.8, 4) is 11.4 Å². The van der Waals surface area contributed by atoms with Crippen LogP contribution in [0.15, 0.2) is 42.5 Å². The quantitative estimate of drug-likeness (QED) is 0.678. The smallest absolute Gasteiger partial charge is 0.129 e. The first-order valence-corrected chi connectivity index (χ1v) is 6.95. The molecule has 0 spiro atoms. The number of aryl methyl sites for hydroxylation is 1. The Morgan fingerprint density at radius 3 is 2.55 bits per heavy atom. The first-order chi connectivity index (χ1) is 9.74. The third-order valence-electron chi connectivity index (χ3n) is 3.41. The summed E-state index contributed by atoms with van der Waals surface area (Å²) in [5.41, 5.74) is 4.26. The van der Waals surface area contributed by atoms with E-state index in [-0.39, 0.29) is 0 Å². The average Bonchev–Trinajstić information content (AvgIpc) is 2.87. The molecule has 3 aromatic rings. The van der Waals surface area contributed by atoms with Crippen LogP contribution in [0.3, 0.4) is 0 Å². The minimum atomic E-state index is 0.375. The van der Waals surface area contributed by atoms with E-state index in [0.29, 0.717) is 5.88 Å². The summed E-state index contributed by atoms with van der Waals surface area (Å²) >= 11 is 6.06. The van der Waals surface area contributed by atoms with Crippen molar-refractivity contribution >= 4 is 22.6 Å². The standard InChI is InChI=1S/C16H15ClN2O/c1-11-4-3-5-14-16(11)18-15(10-17)19(14)12-6-8-13(20-2)9-7-12/h3-9H,10H2,1-2H3. The number of para-hydroxylation sites is 1. The summed E-state index contributed by atoms with van der Waals surface area (Å²) < 4.78 is 7.29. The van der Waals surface area contributed by atoms with Crippen LogP contribution in [0.5, 0.6) is 5.75 Å². The summed E-state index contributed by atoms with van der Waals surface area (Å²) in [6.07, 6.45) is 0. The molecule has 1 aromatic heterocycles. The summed E-state index contributed by atoms with van der Waals surface area (Å²) in [7, 11) is 1.66. The lowest BCUT2D eigenvalue weighted by molar-refractivity contribution is 0.414. The summed E-state index contributed by atoms with van der Waals surface area (Å²) in [5, 5.41) is 0. The maximum absolute atomic E-state index is 6.06. The number of halogens is 1. The topological polar surface area (TPSA) is 27.1 Å². The van der Waals surface area contributed by atoms with Gasteiger partial charge in [-0.1, -0.05) is 12.1 Å². The molecule has 2 aromatic carbocycles. The number of methoxy groups -OCH3 is 1. The number of nitrogens with zero attached hydrogens (tertiary/aromatic N) is 2. The third kappa shape index (κ3) is 2.04. The average molecular weight is 287 g/mol. The van der Waals surface area contributed by atoms with E-state index in [1.807, 2.05) is 30.3 Å². The van der Waals surface area contributed by atoms with E-state index in [2.05, 4.69) is 28.6 Å². The van der Waals surface area contributed by atoms with E-state index >= 15 is 0 Å². The normalized spacial score (nSPS) is 10.9. The van der Waals surface area contributed by atoms with Gasteiger partial charge in [0.25, 0.3) is 0 Å². The summed E-state index contributed by atoms with van der Waals surface area (Å²) in [6, 6.07) is 14.1. The molecular weight excluding hydrogens is 272 g/mol. The second kappa shape index (κ2) is 5.17. The molecule has 4 heteroatoms. The molecule has 0 aliphatic heterocycles. The maximum atomic E-state index is 6.06. The monoisotopic (exact) mass is 286 g/mol. The van der Waals surface area contributed by atoms with E-state index in [9.17, 15) is 0 Å². The molecule has 102 valence electrons. The lowest BCUT2D eigenvalue weighted by atomic mass is 10.2. The van der Waals surface area contributed by atoms with Gasteiger partial charge in [-0.25, -0.2) is 4.98 Å². The predicted molar refractivity (Wildman–Crippen MR) is 81.9 cm³/mol. The van der Waals surface area contributed by atoms with Gasteiger partial charge in [-0.15, -0.1) is 11.6 Å². The lowest BCUT2D eigenvalue weighted by Crippen LogP contribution is -1.99. The van der Waals surface area contributed by atoms with Gasteiger partial charge in [0.05, 0.1) is 24.0 Å². The first kappa shape index (κ1) is 13.0. The number of fused-ring (bicyclic) bond motifs is 1. The highest BCUT2D eigenvalue weighted by molar-refractivity contribution is 6.17. The van der Waals surface area contributed by atoms with Crippen molar-refractivity contribution in [3.63, 3.8) is 0 Å². The van der Waals surface area contributed by atoms with E-state index < -0.39 is 0 Å². The molecule has 20 heavy (non-hydrogen) atoms. The van der Waals surface area contributed by atoms with Crippen LogP contribution in [-0.2, 0) is 5.88 Å². The zero-order valence-electron chi connectivity index (χ0n) is 11.4. The molecule has 0 aliphatic rings. The number of ether oxygens (including phenoxy) is 1. The van der Waals surface area contributed by atoms with Gasteiger partial charge in [-0.3, -0.25) is 4.57 Å². The van der Waals surface area contributed by atoms with Crippen LogP contribution in [0.25, 0.3) is 16.7 Å². The van der Waals surface area contributed by atoms with Gasteiger partial charge in [0.2, 0.25) is 0 Å². The number of rotatable bonds is 3. The molecule has 0 saturated heterocycles. The lowest BCUT2D eigenvalue weighted by Gasteiger charge is -2.08. The van der Waals surface area contributed by atoms with Crippen LogP contribution in [0.1, 0.15) is 11.4 Å². The second-order valence-corrected chi connectivity index (χ2v) is 4.91. The zero-order valence-corrected chi connectivity index (χ0v) is 12.2. The van der Waals surface area contributed by atoms with Crippen molar-refractivity contribution in [2.45, 2.75) is 12.8 Å². The molecule has 3 nitrogen and oxygen atoms in total. The molecule has 0 N–H and O–H groups in total. The molecule has 0 amide bonds. The van der Waals surface area contributed by atoms with Gasteiger partial charge in [-0.2, -0.15) is 0 Å². The highest BCUT2D eigenvalue weighted by Gasteiger charge is 2.12. The maximum Gasteiger partial charge on any atom is 0.129 e. The Kier molecular flexibility index (Phi) is 3.36. The van der Waals surface area contributed by atoms with Crippen LogP contribution in [-0.4, -0.2) is 16.7 Å². The van der Waals surface area contributed by atoms with Crippen molar-refractivity contribution < 1.29 is 4.74 Å². The van der Waals surface area contributed by atoms with E-state index in [0.717, 1.165) is 33.9 Å². The molecule has 1 heterocycles. The van der Waals surface area contributed by atoms with Crippen LogP contribution >= 0.6 is 11.6 Å². The highest BCUT2D eigenvalue weighted by Crippen LogP contribution is 2.25. The van der Waals surface area contributed by atoms with Crippen molar-refractivity contribution in [2.24, 2.45) is 0 Å². The van der Waals surface area contributed by atoms with Crippen LogP contribution in [0.2, 0.25) is 0 Å². The van der Waals surface area contributed by atoms with Gasteiger partial charge in [0.1, 0.15) is 11.6 Å². The molecule has 0 unspecified atom stereocenters. The highest BCUT2D eigenvalue weighted by atomic mass is 35.5. The summed E-state index contributed by atoms with van der Waals surface area (Å²) in [6.45, 7) is 2.06. The minimum absolute atomic E-state index is 0.375. The van der Waals surface area contributed by atoms with Crippen LogP contribution in [0.4, 0.5) is 0 Å². The second-order valence-electron chi connectivity index (χ2n) is 4.64. The Morgan fingerprint density at radius 2 is 1.90 bits per heavy atom. The Bertz CT molecular complexity index is 747. The number of benzene rings is 2. The van der Waals surface area contributed by atoms with Crippen molar-refractivity contribution in [2.75, 3.05) is 7.11 Å². The SMILES string of the molecule is COc1ccc(-n2c(CCl)nc3c(C)cccc32)cc1. The molecule has 0 atom stereocenters. The van der Waals surface area contributed by atoms with Gasteiger partial charge in [0.15, 0.2) is 0 Å². The van der Waals surface area contributed by atoms with Gasteiger partial charge < -0.3 is 4.74 Å². The summed E-state index contributed by atoms with van der Waals surface area (Å²) in [5.74, 6) is 2.06. The van der Waals surface area contributed by atoms with Crippen LogP contribution in [0, 0.1) is 6.92 Å². The Hall–Kier alpha value is -2.00.